The Morgan fingerprint density at radius 3 is 2.45 bits per heavy atom. The van der Waals surface area contributed by atoms with Crippen LogP contribution in [-0.4, -0.2) is 72.8 Å². The number of fused-ring (bicyclic) bond motifs is 1. The molecule has 1 aliphatic heterocycles. The van der Waals surface area contributed by atoms with Crippen LogP contribution in [0.25, 0.3) is 0 Å². The van der Waals surface area contributed by atoms with Gasteiger partial charge in [-0.2, -0.15) is 0 Å². The summed E-state index contributed by atoms with van der Waals surface area (Å²) in [5.41, 5.74) is 1.93. The minimum atomic E-state index is -0.824. The van der Waals surface area contributed by atoms with Crippen LogP contribution in [-0.2, 0) is 11.3 Å². The molecule has 98 valence electrons. The molecule has 0 bridgehead atoms. The van der Waals surface area contributed by atoms with Crippen LogP contribution in [0.5, 0.6) is 0 Å². The van der Waals surface area contributed by atoms with E-state index in [-0.39, 0.29) is 57.2 Å². The van der Waals surface area contributed by atoms with Crippen molar-refractivity contribution in [3.63, 3.8) is 0 Å². The Balaban J connectivity index is 0.00000147. The molecule has 4 nitrogen and oxygen atoms in total. The van der Waals surface area contributed by atoms with E-state index in [0.717, 1.165) is 5.69 Å². The van der Waals surface area contributed by atoms with Gasteiger partial charge < -0.3 is 9.67 Å². The summed E-state index contributed by atoms with van der Waals surface area (Å²) < 4.78 is 1.83. The third kappa shape index (κ3) is 2.69. The van der Waals surface area contributed by atoms with E-state index in [1.54, 1.807) is 24.3 Å². The normalized spacial score (nSPS) is 16.3. The number of carbonyl (C=O) groups is 2. The Morgan fingerprint density at radius 1 is 1.10 bits per heavy atom. The van der Waals surface area contributed by atoms with Gasteiger partial charge in [0.25, 0.3) is 0 Å². The van der Waals surface area contributed by atoms with Crippen molar-refractivity contribution in [2.24, 2.45) is 0 Å². The molecule has 1 atom stereocenters. The van der Waals surface area contributed by atoms with Crippen molar-refractivity contribution in [1.29, 1.82) is 0 Å². The van der Waals surface area contributed by atoms with Gasteiger partial charge in [-0.3, -0.25) is 9.59 Å². The van der Waals surface area contributed by atoms with Crippen molar-refractivity contribution < 1.29 is 14.7 Å². The first-order valence-corrected chi connectivity index (χ1v) is 6.20. The van der Waals surface area contributed by atoms with Crippen molar-refractivity contribution in [3.05, 3.63) is 59.4 Å². The molecule has 1 unspecified atom stereocenters. The number of carbonyl (C=O) groups excluding carboxylic acids is 1. The van der Waals surface area contributed by atoms with Crippen molar-refractivity contribution >= 4 is 63.1 Å². The summed E-state index contributed by atoms with van der Waals surface area (Å²) in [5, 5.41) is 9.13. The molecule has 5 heteroatoms. The van der Waals surface area contributed by atoms with Crippen LogP contribution < -0.4 is 0 Å². The van der Waals surface area contributed by atoms with E-state index in [1.807, 2.05) is 22.8 Å². The molecule has 0 saturated carbocycles. The number of benzene rings is 1. The predicted octanol–water partition coefficient (Wildman–Crippen LogP) is 1.64. The second-order valence-electron chi connectivity index (χ2n) is 4.67. The summed E-state index contributed by atoms with van der Waals surface area (Å²) in [6.07, 6.45) is 0.556. The average molecular weight is 295 g/mol. The van der Waals surface area contributed by atoms with Crippen molar-refractivity contribution in [2.75, 3.05) is 0 Å². The van der Waals surface area contributed by atoms with Gasteiger partial charge in [0.15, 0.2) is 0 Å². The van der Waals surface area contributed by atoms with Gasteiger partial charge in [0.1, 0.15) is 0 Å². The minimum absolute atomic E-state index is 0. The fourth-order valence-corrected chi connectivity index (χ4v) is 2.63. The summed E-state index contributed by atoms with van der Waals surface area (Å²) >= 11 is 0. The zero-order valence-electron chi connectivity index (χ0n) is 10.2. The van der Waals surface area contributed by atoms with Gasteiger partial charge in [0.2, 0.25) is 5.78 Å². The summed E-state index contributed by atoms with van der Waals surface area (Å²) in [6, 6.07) is 12.5. The monoisotopic (exact) mass is 295 g/mol. The Labute approximate surface area is 159 Å². The number of carboxylic acids is 1. The molecular weight excluding hydrogens is 281 g/mol. The van der Waals surface area contributed by atoms with E-state index in [9.17, 15) is 9.59 Å². The van der Waals surface area contributed by atoms with E-state index >= 15 is 0 Å². The zero-order chi connectivity index (χ0) is 13.4. The van der Waals surface area contributed by atoms with Crippen LogP contribution in [0, 0.1) is 0 Å². The van der Waals surface area contributed by atoms with Crippen LogP contribution in [0.3, 0.4) is 0 Å². The number of nitrogens with zero attached hydrogens (tertiary/aromatic N) is 1. The molecule has 2 heterocycles. The van der Waals surface area contributed by atoms with Gasteiger partial charge in [0.05, 0.1) is 11.6 Å². The van der Waals surface area contributed by atoms with Gasteiger partial charge in [-0.25, -0.2) is 0 Å². The number of hydrogen-bond acceptors (Lipinski definition) is 2. The van der Waals surface area contributed by atoms with Gasteiger partial charge in [-0.15, -0.1) is 0 Å². The molecule has 0 spiro atoms. The number of aromatic nitrogens is 1. The molecule has 0 saturated heterocycles. The Kier molecular flexibility index (Phi) is 4.98. The molecule has 0 fully saturated rings. The first-order valence-electron chi connectivity index (χ1n) is 6.20. The average Bonchev–Trinajstić information content (AvgIpc) is 2.99. The molecule has 0 aliphatic carbocycles. The number of carboxylic acid groups (broad SMARTS) is 1. The summed E-state index contributed by atoms with van der Waals surface area (Å²) in [7, 11) is 0. The fraction of sp³-hybridized carbons (Fsp3) is 0.200. The van der Waals surface area contributed by atoms with Crippen molar-refractivity contribution in [2.45, 2.75) is 18.9 Å². The molecule has 1 aromatic heterocycles. The zero-order valence-corrected chi connectivity index (χ0v) is 10.2. The first kappa shape index (κ1) is 15.7. The quantitative estimate of drug-likeness (QED) is 0.692. The predicted molar refractivity (Wildman–Crippen MR) is 76.4 cm³/mol. The number of rotatable bonds is 3. The van der Waals surface area contributed by atoms with Gasteiger partial charge >= 0.3 is 57.4 Å². The second kappa shape index (κ2) is 6.36. The number of aliphatic carboxylic acids is 1. The SMILES string of the molecule is O=C(c1ccccc1)c1ccc2n1CCC2C(=O)O.[KH]. The maximum atomic E-state index is 12.4. The van der Waals surface area contributed by atoms with E-state index in [2.05, 4.69) is 0 Å². The fourth-order valence-electron chi connectivity index (χ4n) is 2.63. The summed E-state index contributed by atoms with van der Waals surface area (Å²) in [6.45, 7) is 0.590. The molecule has 20 heavy (non-hydrogen) atoms. The summed E-state index contributed by atoms with van der Waals surface area (Å²) in [4.78, 5) is 23.5. The Morgan fingerprint density at radius 2 is 1.80 bits per heavy atom. The van der Waals surface area contributed by atoms with Crippen LogP contribution >= 0.6 is 0 Å². The molecule has 0 amide bonds. The molecule has 0 radical (unpaired) electrons. The van der Waals surface area contributed by atoms with E-state index in [4.69, 9.17) is 5.11 Å². The molecule has 3 rings (SSSR count). The standard InChI is InChI=1S/C15H13NO3.K.H/c17-14(10-4-2-1-3-5-10)13-7-6-12-11(15(18)19)8-9-16(12)13;;/h1-7,11H,8-9H2,(H,18,19);;. The van der Waals surface area contributed by atoms with Crippen molar-refractivity contribution in [3.8, 4) is 0 Å². The Bertz CT molecular complexity index is 648. The molecule has 1 N–H and O–H groups in total. The maximum absolute atomic E-state index is 12.4. The first-order chi connectivity index (χ1) is 9.18. The van der Waals surface area contributed by atoms with Crippen molar-refractivity contribution in [1.82, 2.24) is 4.57 Å². The topological polar surface area (TPSA) is 59.3 Å². The third-order valence-corrected chi connectivity index (χ3v) is 3.58. The molecular formula is C15H14KNO3. The van der Waals surface area contributed by atoms with Crippen LogP contribution in [0.2, 0.25) is 0 Å². The van der Waals surface area contributed by atoms with Crippen LogP contribution in [0.1, 0.15) is 34.1 Å². The molecule has 1 aromatic carbocycles. The van der Waals surface area contributed by atoms with Gasteiger partial charge in [0, 0.05) is 17.8 Å². The molecule has 1 aliphatic rings. The molecule has 2 aromatic rings. The van der Waals surface area contributed by atoms with E-state index in [1.165, 1.54) is 0 Å². The Hall–Kier alpha value is -0.724. The third-order valence-electron chi connectivity index (χ3n) is 3.58. The van der Waals surface area contributed by atoms with E-state index < -0.39 is 11.9 Å². The van der Waals surface area contributed by atoms with Gasteiger partial charge in [-0.1, -0.05) is 30.3 Å². The summed E-state index contributed by atoms with van der Waals surface area (Å²) in [5.74, 6) is -1.37. The number of ketones is 1. The van der Waals surface area contributed by atoms with E-state index in [0.29, 0.717) is 24.2 Å². The van der Waals surface area contributed by atoms with Crippen LogP contribution in [0.4, 0.5) is 0 Å². The van der Waals surface area contributed by atoms with Gasteiger partial charge in [-0.05, 0) is 18.6 Å². The second-order valence-corrected chi connectivity index (χ2v) is 4.67. The number of hydrogen-bond donors (Lipinski definition) is 1. The van der Waals surface area contributed by atoms with Crippen LogP contribution in [0.15, 0.2) is 42.5 Å².